The maximum absolute atomic E-state index is 14.4. The molecule has 0 saturated carbocycles. The van der Waals surface area contributed by atoms with Crippen molar-refractivity contribution in [2.24, 2.45) is 0 Å². The number of benzene rings is 1. The first-order chi connectivity index (χ1) is 14.5. The van der Waals surface area contributed by atoms with E-state index in [1.54, 1.807) is 25.3 Å². The molecule has 0 radical (unpaired) electrons. The number of methoxy groups -OCH3 is 1. The molecule has 2 aromatic rings. The minimum atomic E-state index is -0.696. The van der Waals surface area contributed by atoms with Gasteiger partial charge in [0.2, 0.25) is 5.88 Å². The molecule has 0 bridgehead atoms. The maximum atomic E-state index is 14.4. The standard InChI is InChI=1S/C22H23FN2O5/c1-13(12-28-2)29-21-6-3-15(11-24-21)30-20-7-8-25(22(20)27)14-9-17-16(18(23)10-14)4-5-19(17)26/h3,6,9-11,13,20H,4-5,7-8,12H2,1-2H3. The number of aromatic nitrogens is 1. The quantitative estimate of drug-likeness (QED) is 0.693. The van der Waals surface area contributed by atoms with Crippen LogP contribution in [0.1, 0.15) is 35.7 Å². The predicted octanol–water partition coefficient (Wildman–Crippen LogP) is 2.95. The summed E-state index contributed by atoms with van der Waals surface area (Å²) in [7, 11) is 1.60. The second kappa shape index (κ2) is 8.39. The zero-order valence-electron chi connectivity index (χ0n) is 16.9. The van der Waals surface area contributed by atoms with Gasteiger partial charge in [-0.15, -0.1) is 0 Å². The summed E-state index contributed by atoms with van der Waals surface area (Å²) in [6.07, 6.45) is 1.84. The number of amides is 1. The molecule has 1 aromatic carbocycles. The molecule has 7 nitrogen and oxygen atoms in total. The van der Waals surface area contributed by atoms with Gasteiger partial charge in [0, 0.05) is 43.8 Å². The average Bonchev–Trinajstić information content (AvgIpc) is 3.27. The van der Waals surface area contributed by atoms with Crippen molar-refractivity contribution < 1.29 is 28.2 Å². The van der Waals surface area contributed by atoms with E-state index in [0.717, 1.165) is 0 Å². The van der Waals surface area contributed by atoms with Crippen LogP contribution in [0.4, 0.5) is 10.1 Å². The molecule has 1 aliphatic heterocycles. The first kappa shape index (κ1) is 20.3. The topological polar surface area (TPSA) is 78.0 Å². The molecule has 1 aliphatic carbocycles. The molecular formula is C22H23FN2O5. The van der Waals surface area contributed by atoms with Crippen molar-refractivity contribution in [3.8, 4) is 11.6 Å². The van der Waals surface area contributed by atoms with E-state index in [1.807, 2.05) is 6.92 Å². The molecule has 158 valence electrons. The highest BCUT2D eigenvalue weighted by atomic mass is 19.1. The van der Waals surface area contributed by atoms with Gasteiger partial charge in [0.1, 0.15) is 17.7 Å². The highest BCUT2D eigenvalue weighted by Gasteiger charge is 2.36. The Labute approximate surface area is 173 Å². The number of Topliss-reactive ketones (excluding diaryl/α,β-unsaturated/α-hetero) is 1. The Morgan fingerprint density at radius 2 is 2.10 bits per heavy atom. The van der Waals surface area contributed by atoms with E-state index in [2.05, 4.69) is 4.98 Å². The number of ketones is 1. The third-order valence-corrected chi connectivity index (χ3v) is 5.26. The van der Waals surface area contributed by atoms with Gasteiger partial charge in [-0.05, 0) is 37.1 Å². The number of hydrogen-bond donors (Lipinski definition) is 0. The van der Waals surface area contributed by atoms with E-state index in [-0.39, 0.29) is 17.8 Å². The van der Waals surface area contributed by atoms with Crippen LogP contribution in [0.25, 0.3) is 0 Å². The lowest BCUT2D eigenvalue weighted by molar-refractivity contribution is -0.122. The summed E-state index contributed by atoms with van der Waals surface area (Å²) in [6, 6.07) is 6.29. The predicted molar refractivity (Wildman–Crippen MR) is 107 cm³/mol. The van der Waals surface area contributed by atoms with Crippen molar-refractivity contribution in [3.05, 3.63) is 47.4 Å². The summed E-state index contributed by atoms with van der Waals surface area (Å²) in [5.74, 6) is 0.0852. The van der Waals surface area contributed by atoms with Crippen LogP contribution in [-0.4, -0.2) is 49.1 Å². The minimum Gasteiger partial charge on any atom is -0.479 e. The second-order valence-electron chi connectivity index (χ2n) is 7.48. The Morgan fingerprint density at radius 3 is 2.83 bits per heavy atom. The Bertz CT molecular complexity index is 963. The van der Waals surface area contributed by atoms with Gasteiger partial charge in [0.15, 0.2) is 11.9 Å². The largest absolute Gasteiger partial charge is 0.479 e. The van der Waals surface area contributed by atoms with E-state index in [9.17, 15) is 14.0 Å². The normalized spacial score (nSPS) is 19.2. The smallest absolute Gasteiger partial charge is 0.268 e. The number of pyridine rings is 1. The summed E-state index contributed by atoms with van der Waals surface area (Å²) in [5.41, 5.74) is 1.22. The second-order valence-corrected chi connectivity index (χ2v) is 7.48. The van der Waals surface area contributed by atoms with Gasteiger partial charge in [-0.3, -0.25) is 9.59 Å². The molecule has 8 heteroatoms. The molecule has 1 saturated heterocycles. The highest BCUT2D eigenvalue weighted by molar-refractivity contribution is 6.04. The maximum Gasteiger partial charge on any atom is 0.268 e. The number of anilines is 1. The van der Waals surface area contributed by atoms with Crippen molar-refractivity contribution in [2.75, 3.05) is 25.2 Å². The van der Waals surface area contributed by atoms with Crippen molar-refractivity contribution in [1.29, 1.82) is 0 Å². The zero-order chi connectivity index (χ0) is 21.3. The number of ether oxygens (including phenoxy) is 3. The Kier molecular flexibility index (Phi) is 5.67. The lowest BCUT2D eigenvalue weighted by Crippen LogP contribution is -2.32. The molecular weight excluding hydrogens is 391 g/mol. The minimum absolute atomic E-state index is 0.0848. The van der Waals surface area contributed by atoms with Crippen LogP contribution in [0.15, 0.2) is 30.5 Å². The first-order valence-electron chi connectivity index (χ1n) is 9.91. The fourth-order valence-corrected chi connectivity index (χ4v) is 3.82. The number of rotatable bonds is 7. The Balaban J connectivity index is 1.42. The molecule has 1 fully saturated rings. The monoisotopic (exact) mass is 414 g/mol. The number of nitrogens with zero attached hydrogens (tertiary/aromatic N) is 2. The molecule has 4 rings (SSSR count). The van der Waals surface area contributed by atoms with Crippen LogP contribution in [0.5, 0.6) is 11.6 Å². The molecule has 1 aromatic heterocycles. The molecule has 2 unspecified atom stereocenters. The molecule has 1 amide bonds. The van der Waals surface area contributed by atoms with Crippen molar-refractivity contribution >= 4 is 17.4 Å². The van der Waals surface area contributed by atoms with Gasteiger partial charge in [-0.1, -0.05) is 0 Å². The van der Waals surface area contributed by atoms with Gasteiger partial charge in [0.05, 0.1) is 12.8 Å². The highest BCUT2D eigenvalue weighted by Crippen LogP contribution is 2.32. The van der Waals surface area contributed by atoms with Crippen molar-refractivity contribution in [1.82, 2.24) is 4.98 Å². The number of hydrogen-bond acceptors (Lipinski definition) is 6. The summed E-state index contributed by atoms with van der Waals surface area (Å²) in [6.45, 7) is 2.71. The first-order valence-corrected chi connectivity index (χ1v) is 9.91. The number of carbonyl (C=O) groups is 2. The zero-order valence-corrected chi connectivity index (χ0v) is 16.9. The molecule has 2 atom stereocenters. The van der Waals surface area contributed by atoms with E-state index < -0.39 is 11.9 Å². The molecule has 2 aliphatic rings. The lowest BCUT2D eigenvalue weighted by atomic mass is 10.1. The molecule has 0 spiro atoms. The molecule has 0 N–H and O–H groups in total. The van der Waals surface area contributed by atoms with Crippen LogP contribution in [-0.2, 0) is 16.0 Å². The van der Waals surface area contributed by atoms with Gasteiger partial charge >= 0.3 is 0 Å². The molecule has 2 heterocycles. The van der Waals surface area contributed by atoms with E-state index in [1.165, 1.54) is 17.2 Å². The van der Waals surface area contributed by atoms with Gasteiger partial charge < -0.3 is 19.1 Å². The number of halogens is 1. The van der Waals surface area contributed by atoms with Crippen molar-refractivity contribution in [2.45, 2.75) is 38.4 Å². The van der Waals surface area contributed by atoms with Crippen molar-refractivity contribution in [3.63, 3.8) is 0 Å². The lowest BCUT2D eigenvalue weighted by Gasteiger charge is -2.18. The summed E-state index contributed by atoms with van der Waals surface area (Å²) >= 11 is 0. The van der Waals surface area contributed by atoms with E-state index >= 15 is 0 Å². The van der Waals surface area contributed by atoms with Crippen LogP contribution in [0.2, 0.25) is 0 Å². The number of fused-ring (bicyclic) bond motifs is 1. The van der Waals surface area contributed by atoms with Gasteiger partial charge in [0.25, 0.3) is 5.91 Å². The third-order valence-electron chi connectivity index (χ3n) is 5.26. The Morgan fingerprint density at radius 1 is 1.27 bits per heavy atom. The van der Waals surface area contributed by atoms with Gasteiger partial charge in [-0.25, -0.2) is 9.37 Å². The Hall–Kier alpha value is -3.00. The van der Waals surface area contributed by atoms with E-state index in [0.29, 0.717) is 60.9 Å². The SMILES string of the molecule is COCC(C)Oc1ccc(OC2CCN(c3cc(F)c4c(c3)C(=O)CC4)C2=O)cn1. The summed E-state index contributed by atoms with van der Waals surface area (Å²) < 4.78 is 30.8. The van der Waals surface area contributed by atoms with Crippen LogP contribution in [0.3, 0.4) is 0 Å². The average molecular weight is 414 g/mol. The molecule has 30 heavy (non-hydrogen) atoms. The third kappa shape index (κ3) is 4.00. The van der Waals surface area contributed by atoms with Crippen LogP contribution >= 0.6 is 0 Å². The van der Waals surface area contributed by atoms with E-state index in [4.69, 9.17) is 14.2 Å². The fourth-order valence-electron chi connectivity index (χ4n) is 3.82. The summed E-state index contributed by atoms with van der Waals surface area (Å²) in [4.78, 5) is 30.5. The van der Waals surface area contributed by atoms with Gasteiger partial charge in [-0.2, -0.15) is 0 Å². The fraction of sp³-hybridized carbons (Fsp3) is 0.409. The van der Waals surface area contributed by atoms with Crippen LogP contribution < -0.4 is 14.4 Å². The number of carbonyl (C=O) groups excluding carboxylic acids is 2. The van der Waals surface area contributed by atoms with Crippen LogP contribution in [0, 0.1) is 5.82 Å². The summed E-state index contributed by atoms with van der Waals surface area (Å²) in [5, 5.41) is 0.